The third-order valence-electron chi connectivity index (χ3n) is 2.31. The molecule has 72 valence electrons. The number of aliphatic hydroxyl groups is 1. The molecular weight excluding hydrogens is 206 g/mol. The molecule has 1 saturated heterocycles. The lowest BCUT2D eigenvalue weighted by Crippen LogP contribution is -2.20. The van der Waals surface area contributed by atoms with E-state index in [0.29, 0.717) is 0 Å². The molecule has 4 heteroatoms. The van der Waals surface area contributed by atoms with E-state index in [0.717, 1.165) is 31.1 Å². The largest absolute Gasteiger partial charge is 0.392 e. The maximum Gasteiger partial charge on any atom is 0.0679 e. The highest BCUT2D eigenvalue weighted by atomic mass is 35.5. The van der Waals surface area contributed by atoms with Crippen LogP contribution in [0.5, 0.6) is 0 Å². The minimum Gasteiger partial charge on any atom is -0.392 e. The van der Waals surface area contributed by atoms with Crippen LogP contribution in [-0.4, -0.2) is 29.2 Å². The Balaban J connectivity index is 1.95. The van der Waals surface area contributed by atoms with Gasteiger partial charge in [0, 0.05) is 24.5 Å². The number of nitrogens with zero attached hydrogens (tertiary/aromatic N) is 1. The molecule has 0 aliphatic carbocycles. The lowest BCUT2D eigenvalue weighted by Gasteiger charge is -2.13. The second-order valence-electron chi connectivity index (χ2n) is 3.37. The van der Waals surface area contributed by atoms with Crippen molar-refractivity contribution in [1.29, 1.82) is 0 Å². The summed E-state index contributed by atoms with van der Waals surface area (Å²) in [6, 6.07) is 1.92. The molecule has 0 spiro atoms. The van der Waals surface area contributed by atoms with Gasteiger partial charge in [0.1, 0.15) is 0 Å². The van der Waals surface area contributed by atoms with Crippen LogP contribution in [0.4, 0.5) is 0 Å². The number of rotatable bonds is 2. The van der Waals surface area contributed by atoms with Crippen LogP contribution in [0.1, 0.15) is 11.3 Å². The molecule has 2 rings (SSSR count). The zero-order valence-electron chi connectivity index (χ0n) is 7.24. The van der Waals surface area contributed by atoms with Crippen molar-refractivity contribution in [2.45, 2.75) is 19.1 Å². The highest BCUT2D eigenvalue weighted by Crippen LogP contribution is 2.24. The third kappa shape index (κ3) is 2.23. The van der Waals surface area contributed by atoms with Gasteiger partial charge >= 0.3 is 0 Å². The molecule has 13 heavy (non-hydrogen) atoms. The number of hydrogen-bond donors (Lipinski definition) is 1. The van der Waals surface area contributed by atoms with Crippen LogP contribution in [0.15, 0.2) is 11.4 Å². The number of β-amino-alcohol motifs (C(OH)–C–C–N with tert-alkyl or cyclic N) is 1. The highest BCUT2D eigenvalue weighted by molar-refractivity contribution is 7.10. The maximum absolute atomic E-state index is 9.33. The lowest BCUT2D eigenvalue weighted by atomic mass is 10.3. The Morgan fingerprint density at radius 2 is 2.54 bits per heavy atom. The first-order chi connectivity index (χ1) is 6.25. The first-order valence-corrected chi connectivity index (χ1v) is 5.64. The summed E-state index contributed by atoms with van der Waals surface area (Å²) in [6.07, 6.45) is 0.752. The van der Waals surface area contributed by atoms with Gasteiger partial charge in [-0.1, -0.05) is 11.6 Å². The van der Waals surface area contributed by atoms with E-state index in [-0.39, 0.29) is 6.10 Å². The smallest absolute Gasteiger partial charge is 0.0679 e. The SMILES string of the molecule is OC1CCN(Cc2sccc2Cl)C1. The molecule has 2 nitrogen and oxygen atoms in total. The minimum absolute atomic E-state index is 0.140. The molecule has 1 fully saturated rings. The number of likely N-dealkylation sites (tertiary alicyclic amines) is 1. The predicted octanol–water partition coefficient (Wildman–Crippen LogP) is 1.97. The van der Waals surface area contributed by atoms with Crippen molar-refractivity contribution in [2.75, 3.05) is 13.1 Å². The molecule has 1 atom stereocenters. The van der Waals surface area contributed by atoms with Crippen molar-refractivity contribution < 1.29 is 5.11 Å². The van der Waals surface area contributed by atoms with Crippen LogP contribution < -0.4 is 0 Å². The van der Waals surface area contributed by atoms with Crippen molar-refractivity contribution in [1.82, 2.24) is 4.90 Å². The van der Waals surface area contributed by atoms with Crippen molar-refractivity contribution >= 4 is 22.9 Å². The van der Waals surface area contributed by atoms with Crippen LogP contribution in [-0.2, 0) is 6.54 Å². The van der Waals surface area contributed by atoms with E-state index in [1.165, 1.54) is 4.88 Å². The first kappa shape index (κ1) is 9.46. The second kappa shape index (κ2) is 3.96. The predicted molar refractivity (Wildman–Crippen MR) is 55.2 cm³/mol. The van der Waals surface area contributed by atoms with E-state index >= 15 is 0 Å². The van der Waals surface area contributed by atoms with Crippen molar-refractivity contribution in [2.24, 2.45) is 0 Å². The average Bonchev–Trinajstić information content (AvgIpc) is 2.64. The molecule has 1 aliphatic rings. The summed E-state index contributed by atoms with van der Waals surface area (Å²) in [6.45, 7) is 2.65. The quantitative estimate of drug-likeness (QED) is 0.819. The number of hydrogen-bond acceptors (Lipinski definition) is 3. The molecule has 0 aromatic carbocycles. The summed E-state index contributed by atoms with van der Waals surface area (Å²) < 4.78 is 0. The van der Waals surface area contributed by atoms with E-state index in [4.69, 9.17) is 11.6 Å². The summed E-state index contributed by atoms with van der Waals surface area (Å²) in [5.74, 6) is 0. The zero-order valence-corrected chi connectivity index (χ0v) is 8.81. The lowest BCUT2D eigenvalue weighted by molar-refractivity contribution is 0.175. The van der Waals surface area contributed by atoms with Gasteiger partial charge in [-0.3, -0.25) is 4.90 Å². The summed E-state index contributed by atoms with van der Waals surface area (Å²) in [7, 11) is 0. The van der Waals surface area contributed by atoms with Crippen molar-refractivity contribution in [3.8, 4) is 0 Å². The van der Waals surface area contributed by atoms with Gasteiger partial charge in [0.15, 0.2) is 0 Å². The van der Waals surface area contributed by atoms with E-state index in [2.05, 4.69) is 4.90 Å². The van der Waals surface area contributed by atoms with Gasteiger partial charge in [-0.15, -0.1) is 11.3 Å². The molecule has 2 heterocycles. The third-order valence-corrected chi connectivity index (χ3v) is 3.68. The van der Waals surface area contributed by atoms with E-state index < -0.39 is 0 Å². The second-order valence-corrected chi connectivity index (χ2v) is 4.78. The summed E-state index contributed by atoms with van der Waals surface area (Å²) in [4.78, 5) is 3.44. The average molecular weight is 218 g/mol. The Bertz CT molecular complexity index is 289. The molecule has 1 aromatic rings. The van der Waals surface area contributed by atoms with Crippen LogP contribution in [0, 0.1) is 0 Å². The van der Waals surface area contributed by atoms with Gasteiger partial charge in [-0.05, 0) is 17.9 Å². The maximum atomic E-state index is 9.33. The normalized spacial score (nSPS) is 24.0. The Kier molecular flexibility index (Phi) is 2.89. The van der Waals surface area contributed by atoms with Gasteiger partial charge in [0.2, 0.25) is 0 Å². The number of thiophene rings is 1. The van der Waals surface area contributed by atoms with Gasteiger partial charge in [-0.2, -0.15) is 0 Å². The van der Waals surface area contributed by atoms with Crippen LogP contribution in [0.3, 0.4) is 0 Å². The Morgan fingerprint density at radius 1 is 1.69 bits per heavy atom. The molecule has 0 saturated carbocycles. The fourth-order valence-electron chi connectivity index (χ4n) is 1.60. The van der Waals surface area contributed by atoms with E-state index in [1.54, 1.807) is 11.3 Å². The fourth-order valence-corrected chi connectivity index (χ4v) is 2.73. The Hall–Kier alpha value is -0.0900. The van der Waals surface area contributed by atoms with E-state index in [1.807, 2.05) is 11.4 Å². The Morgan fingerprint density at radius 3 is 3.08 bits per heavy atom. The molecule has 0 amide bonds. The van der Waals surface area contributed by atoms with Crippen molar-refractivity contribution in [3.05, 3.63) is 21.3 Å². The molecule has 1 unspecified atom stereocenters. The van der Waals surface area contributed by atoms with Gasteiger partial charge in [-0.25, -0.2) is 0 Å². The summed E-state index contributed by atoms with van der Waals surface area (Å²) in [5, 5.41) is 12.2. The van der Waals surface area contributed by atoms with Gasteiger partial charge in [0.05, 0.1) is 11.1 Å². The molecular formula is C9H12ClNOS. The van der Waals surface area contributed by atoms with Crippen LogP contribution >= 0.6 is 22.9 Å². The van der Waals surface area contributed by atoms with Gasteiger partial charge < -0.3 is 5.11 Å². The number of aliphatic hydroxyl groups excluding tert-OH is 1. The monoisotopic (exact) mass is 217 g/mol. The van der Waals surface area contributed by atoms with Gasteiger partial charge in [0.25, 0.3) is 0 Å². The molecule has 0 bridgehead atoms. The molecule has 1 aromatic heterocycles. The molecule has 0 radical (unpaired) electrons. The summed E-state index contributed by atoms with van der Waals surface area (Å²) >= 11 is 7.66. The van der Waals surface area contributed by atoms with E-state index in [9.17, 15) is 5.11 Å². The first-order valence-electron chi connectivity index (χ1n) is 4.38. The fraction of sp³-hybridized carbons (Fsp3) is 0.556. The molecule has 1 N–H and O–H groups in total. The standard InChI is InChI=1S/C9H12ClNOS/c10-8-2-4-13-9(8)6-11-3-1-7(12)5-11/h2,4,7,12H,1,3,5-6H2. The zero-order chi connectivity index (χ0) is 9.26. The number of halogens is 1. The van der Waals surface area contributed by atoms with Crippen LogP contribution in [0.2, 0.25) is 5.02 Å². The van der Waals surface area contributed by atoms with Crippen LogP contribution in [0.25, 0.3) is 0 Å². The van der Waals surface area contributed by atoms with Crippen molar-refractivity contribution in [3.63, 3.8) is 0 Å². The molecule has 1 aliphatic heterocycles. The Labute approximate surface area is 86.7 Å². The topological polar surface area (TPSA) is 23.5 Å². The minimum atomic E-state index is -0.140. The summed E-state index contributed by atoms with van der Waals surface area (Å²) in [5.41, 5.74) is 0. The highest BCUT2D eigenvalue weighted by Gasteiger charge is 2.20.